The standard InChI is InChI=1S/C13H25NO6.ClH/c1-13(2)19-10-9(8-14(4-6-15)5-7-16)18-12(17-3)11(10)20-13;/h9-12,15-16H,4-8H2,1-3H3;1H. The van der Waals surface area contributed by atoms with Gasteiger partial charge in [0.2, 0.25) is 0 Å². The summed E-state index contributed by atoms with van der Waals surface area (Å²) in [5.41, 5.74) is 0. The lowest BCUT2D eigenvalue weighted by atomic mass is 10.1. The molecule has 0 aromatic carbocycles. The Labute approximate surface area is 131 Å². The Balaban J connectivity index is 0.00000220. The number of hydrogen-bond acceptors (Lipinski definition) is 7. The predicted molar refractivity (Wildman–Crippen MR) is 77.4 cm³/mol. The van der Waals surface area contributed by atoms with Crippen LogP contribution in [0, 0.1) is 0 Å². The first-order valence-electron chi connectivity index (χ1n) is 6.98. The first kappa shape index (κ1) is 19.1. The summed E-state index contributed by atoms with van der Waals surface area (Å²) >= 11 is 0. The van der Waals surface area contributed by atoms with Crippen molar-refractivity contribution in [2.45, 2.75) is 44.2 Å². The van der Waals surface area contributed by atoms with E-state index in [0.29, 0.717) is 19.6 Å². The van der Waals surface area contributed by atoms with E-state index in [2.05, 4.69) is 0 Å². The zero-order valence-electron chi connectivity index (χ0n) is 12.7. The maximum Gasteiger partial charge on any atom is 0.186 e. The Morgan fingerprint density at radius 1 is 1.10 bits per heavy atom. The molecule has 2 aliphatic heterocycles. The molecule has 126 valence electrons. The van der Waals surface area contributed by atoms with Gasteiger partial charge in [0.15, 0.2) is 12.1 Å². The fourth-order valence-electron chi connectivity index (χ4n) is 2.81. The number of aliphatic hydroxyl groups excluding tert-OH is 2. The summed E-state index contributed by atoms with van der Waals surface area (Å²) in [6, 6.07) is 0. The molecule has 0 aromatic rings. The fraction of sp³-hybridized carbons (Fsp3) is 1.00. The van der Waals surface area contributed by atoms with Crippen LogP contribution in [0.5, 0.6) is 0 Å². The number of methoxy groups -OCH3 is 1. The second-order valence-corrected chi connectivity index (χ2v) is 5.59. The predicted octanol–water partition coefficient (Wildman–Crippen LogP) is -0.414. The first-order chi connectivity index (χ1) is 9.50. The van der Waals surface area contributed by atoms with Gasteiger partial charge >= 0.3 is 0 Å². The SMILES string of the molecule is COC1OC(CN(CCO)CCO)C2OC(C)(C)OC12.Cl. The normalized spacial score (nSPS) is 34.0. The molecule has 0 saturated carbocycles. The van der Waals surface area contributed by atoms with E-state index in [4.69, 9.17) is 29.2 Å². The van der Waals surface area contributed by atoms with E-state index in [1.165, 1.54) is 0 Å². The Kier molecular flexibility index (Phi) is 7.29. The monoisotopic (exact) mass is 327 g/mol. The third-order valence-electron chi connectivity index (χ3n) is 3.61. The second-order valence-electron chi connectivity index (χ2n) is 5.59. The fourth-order valence-corrected chi connectivity index (χ4v) is 2.81. The number of ether oxygens (including phenoxy) is 4. The molecule has 0 spiro atoms. The number of rotatable bonds is 7. The van der Waals surface area contributed by atoms with Crippen LogP contribution in [-0.2, 0) is 18.9 Å². The first-order valence-corrected chi connectivity index (χ1v) is 6.98. The molecule has 2 rings (SSSR count). The second kappa shape index (κ2) is 8.03. The Morgan fingerprint density at radius 2 is 1.67 bits per heavy atom. The van der Waals surface area contributed by atoms with E-state index >= 15 is 0 Å². The molecule has 0 aromatic heterocycles. The topological polar surface area (TPSA) is 80.6 Å². The van der Waals surface area contributed by atoms with Crippen LogP contribution in [0.1, 0.15) is 13.8 Å². The third-order valence-corrected chi connectivity index (χ3v) is 3.61. The van der Waals surface area contributed by atoms with E-state index in [9.17, 15) is 0 Å². The molecule has 8 heteroatoms. The average molecular weight is 328 g/mol. The third kappa shape index (κ3) is 4.49. The highest BCUT2D eigenvalue weighted by atomic mass is 35.5. The van der Waals surface area contributed by atoms with Gasteiger partial charge in [-0.3, -0.25) is 4.90 Å². The molecule has 2 aliphatic rings. The summed E-state index contributed by atoms with van der Waals surface area (Å²) in [5.74, 6) is -0.646. The molecule has 4 atom stereocenters. The van der Waals surface area contributed by atoms with Crippen LogP contribution in [0.3, 0.4) is 0 Å². The van der Waals surface area contributed by atoms with E-state index in [1.54, 1.807) is 7.11 Å². The van der Waals surface area contributed by atoms with Crippen LogP contribution >= 0.6 is 12.4 Å². The summed E-state index contributed by atoms with van der Waals surface area (Å²) in [5, 5.41) is 18.1. The Morgan fingerprint density at radius 3 is 2.19 bits per heavy atom. The molecule has 4 unspecified atom stereocenters. The van der Waals surface area contributed by atoms with Crippen molar-refractivity contribution in [3.8, 4) is 0 Å². The molecule has 0 amide bonds. The Bertz CT molecular complexity index is 313. The highest BCUT2D eigenvalue weighted by molar-refractivity contribution is 5.85. The highest BCUT2D eigenvalue weighted by Crippen LogP contribution is 2.39. The molecule has 2 saturated heterocycles. The molecule has 7 nitrogen and oxygen atoms in total. The van der Waals surface area contributed by atoms with Gasteiger partial charge in [0.25, 0.3) is 0 Å². The quantitative estimate of drug-likeness (QED) is 0.657. The minimum Gasteiger partial charge on any atom is -0.395 e. The van der Waals surface area contributed by atoms with Crippen molar-refractivity contribution in [1.82, 2.24) is 4.90 Å². The van der Waals surface area contributed by atoms with Gasteiger partial charge in [0.1, 0.15) is 18.3 Å². The van der Waals surface area contributed by atoms with Gasteiger partial charge in [0, 0.05) is 26.7 Å². The molecule has 21 heavy (non-hydrogen) atoms. The van der Waals surface area contributed by atoms with Crippen LogP contribution in [0.25, 0.3) is 0 Å². The lowest BCUT2D eigenvalue weighted by Gasteiger charge is -2.27. The van der Waals surface area contributed by atoms with Gasteiger partial charge < -0.3 is 29.2 Å². The van der Waals surface area contributed by atoms with Crippen molar-refractivity contribution >= 4 is 12.4 Å². The van der Waals surface area contributed by atoms with Crippen LogP contribution in [0.4, 0.5) is 0 Å². The van der Waals surface area contributed by atoms with Gasteiger partial charge in [-0.05, 0) is 13.8 Å². The molecule has 2 fully saturated rings. The molecule has 2 heterocycles. The number of fused-ring (bicyclic) bond motifs is 1. The maximum atomic E-state index is 9.06. The largest absolute Gasteiger partial charge is 0.395 e. The average Bonchev–Trinajstić information content (AvgIpc) is 2.84. The summed E-state index contributed by atoms with van der Waals surface area (Å²) in [4.78, 5) is 1.94. The molecule has 0 radical (unpaired) electrons. The molecular formula is C13H26ClNO6. The minimum atomic E-state index is -0.646. The van der Waals surface area contributed by atoms with E-state index < -0.39 is 12.1 Å². The van der Waals surface area contributed by atoms with Crippen molar-refractivity contribution in [1.29, 1.82) is 0 Å². The number of nitrogens with zero attached hydrogens (tertiary/aromatic N) is 1. The zero-order chi connectivity index (χ0) is 14.8. The number of aliphatic hydroxyl groups is 2. The van der Waals surface area contributed by atoms with Crippen LogP contribution < -0.4 is 0 Å². The van der Waals surface area contributed by atoms with Gasteiger partial charge in [-0.25, -0.2) is 0 Å². The molecule has 0 aliphatic carbocycles. The lowest BCUT2D eigenvalue weighted by molar-refractivity contribution is -0.228. The Hall–Kier alpha value is 0.01000. The van der Waals surface area contributed by atoms with Crippen LogP contribution in [-0.4, -0.2) is 85.5 Å². The summed E-state index contributed by atoms with van der Waals surface area (Å²) in [6.07, 6.45) is -1.10. The lowest BCUT2D eigenvalue weighted by Crippen LogP contribution is -2.42. The van der Waals surface area contributed by atoms with Crippen molar-refractivity contribution in [3.05, 3.63) is 0 Å². The van der Waals surface area contributed by atoms with Gasteiger partial charge in [-0.2, -0.15) is 0 Å². The van der Waals surface area contributed by atoms with Gasteiger partial charge in [0.05, 0.1) is 13.2 Å². The van der Waals surface area contributed by atoms with Gasteiger partial charge in [-0.15, -0.1) is 12.4 Å². The van der Waals surface area contributed by atoms with Crippen molar-refractivity contribution in [3.63, 3.8) is 0 Å². The molecular weight excluding hydrogens is 302 g/mol. The van der Waals surface area contributed by atoms with Crippen LogP contribution in [0.15, 0.2) is 0 Å². The van der Waals surface area contributed by atoms with Crippen LogP contribution in [0.2, 0.25) is 0 Å². The van der Waals surface area contributed by atoms with Crippen molar-refractivity contribution in [2.24, 2.45) is 0 Å². The van der Waals surface area contributed by atoms with E-state index in [1.807, 2.05) is 18.7 Å². The smallest absolute Gasteiger partial charge is 0.186 e. The number of hydrogen-bond donors (Lipinski definition) is 2. The van der Waals surface area contributed by atoms with E-state index in [0.717, 1.165) is 0 Å². The molecule has 2 N–H and O–H groups in total. The maximum absolute atomic E-state index is 9.06. The van der Waals surface area contributed by atoms with E-state index in [-0.39, 0.29) is 43.9 Å². The molecule has 0 bridgehead atoms. The summed E-state index contributed by atoms with van der Waals surface area (Å²) < 4.78 is 22.8. The minimum absolute atomic E-state index is 0. The zero-order valence-corrected chi connectivity index (χ0v) is 13.5. The highest BCUT2D eigenvalue weighted by Gasteiger charge is 2.55. The van der Waals surface area contributed by atoms with Crippen molar-refractivity contribution < 1.29 is 29.2 Å². The van der Waals surface area contributed by atoms with Crippen molar-refractivity contribution in [2.75, 3.05) is 40.0 Å². The summed E-state index contributed by atoms with van der Waals surface area (Å²) in [6.45, 7) is 5.35. The summed E-state index contributed by atoms with van der Waals surface area (Å²) in [7, 11) is 1.58. The van der Waals surface area contributed by atoms with Gasteiger partial charge in [-0.1, -0.05) is 0 Å². The number of halogens is 1.